The van der Waals surface area contributed by atoms with Crippen molar-refractivity contribution in [1.82, 2.24) is 15.1 Å². The molecule has 0 aromatic heterocycles. The van der Waals surface area contributed by atoms with Gasteiger partial charge < -0.3 is 15.1 Å². The highest BCUT2D eigenvalue weighted by molar-refractivity contribution is 4.82. The fraction of sp³-hybridized carbons (Fsp3) is 1.00. The molecule has 17 heavy (non-hydrogen) atoms. The number of hydrogen-bond donors (Lipinski definition) is 1. The minimum Gasteiger partial charge on any atom is -0.314 e. The van der Waals surface area contributed by atoms with Crippen LogP contribution in [0.3, 0.4) is 0 Å². The average Bonchev–Trinajstić information content (AvgIpc) is 2.84. The van der Waals surface area contributed by atoms with Crippen molar-refractivity contribution in [3.8, 4) is 0 Å². The van der Waals surface area contributed by atoms with Gasteiger partial charge in [0.25, 0.3) is 0 Å². The number of hydrogen-bond acceptors (Lipinski definition) is 3. The number of nitrogens with zero attached hydrogens (tertiary/aromatic N) is 2. The van der Waals surface area contributed by atoms with Gasteiger partial charge >= 0.3 is 0 Å². The second-order valence-corrected chi connectivity index (χ2v) is 5.96. The van der Waals surface area contributed by atoms with Crippen LogP contribution in [-0.4, -0.2) is 62.7 Å². The molecule has 0 aromatic rings. The highest BCUT2D eigenvalue weighted by Crippen LogP contribution is 2.31. The van der Waals surface area contributed by atoms with Gasteiger partial charge in [-0.15, -0.1) is 0 Å². The molecule has 1 atom stereocenters. The normalized spacial score (nSPS) is 25.6. The van der Waals surface area contributed by atoms with E-state index < -0.39 is 0 Å². The van der Waals surface area contributed by atoms with E-state index in [-0.39, 0.29) is 0 Å². The summed E-state index contributed by atoms with van der Waals surface area (Å²) in [7, 11) is 4.53. The van der Waals surface area contributed by atoms with Crippen molar-refractivity contribution < 1.29 is 0 Å². The van der Waals surface area contributed by atoms with Crippen molar-refractivity contribution in [3.05, 3.63) is 0 Å². The number of nitrogens with one attached hydrogen (secondary N) is 1. The molecule has 0 radical (unpaired) electrons. The molecule has 0 spiro atoms. The molecule has 0 aromatic carbocycles. The van der Waals surface area contributed by atoms with Gasteiger partial charge in [-0.05, 0) is 45.8 Å². The van der Waals surface area contributed by atoms with E-state index in [1.807, 2.05) is 0 Å². The Bertz CT molecular complexity index is 206. The molecule has 3 nitrogen and oxygen atoms in total. The molecule has 1 aliphatic heterocycles. The molecule has 2 fully saturated rings. The first kappa shape index (κ1) is 13.3. The molecular formula is C14H29N3. The molecule has 1 aliphatic carbocycles. The van der Waals surface area contributed by atoms with Crippen LogP contribution in [0.5, 0.6) is 0 Å². The zero-order valence-electron chi connectivity index (χ0n) is 11.6. The van der Waals surface area contributed by atoms with Crippen LogP contribution < -0.4 is 5.32 Å². The van der Waals surface area contributed by atoms with Gasteiger partial charge in [0.2, 0.25) is 0 Å². The van der Waals surface area contributed by atoms with E-state index in [1.165, 1.54) is 64.8 Å². The first-order chi connectivity index (χ1) is 8.27. The maximum Gasteiger partial charge on any atom is 0.0130 e. The Morgan fingerprint density at radius 2 is 1.82 bits per heavy atom. The molecule has 100 valence electrons. The largest absolute Gasteiger partial charge is 0.314 e. The highest BCUT2D eigenvalue weighted by Gasteiger charge is 2.26. The molecule has 2 rings (SSSR count). The highest BCUT2D eigenvalue weighted by atomic mass is 15.2. The van der Waals surface area contributed by atoms with E-state index in [9.17, 15) is 0 Å². The van der Waals surface area contributed by atoms with Crippen LogP contribution >= 0.6 is 0 Å². The summed E-state index contributed by atoms with van der Waals surface area (Å²) in [4.78, 5) is 5.10. The van der Waals surface area contributed by atoms with Gasteiger partial charge in [-0.1, -0.05) is 12.8 Å². The quantitative estimate of drug-likeness (QED) is 0.782. The standard InChI is InChI=1S/C14H29N3/c1-16(2)14(13-5-3-4-6-13)7-10-17-11-8-15-9-12-17/h13-15H,3-12H2,1-2H3. The van der Waals surface area contributed by atoms with E-state index in [4.69, 9.17) is 0 Å². The minimum atomic E-state index is 0.812. The van der Waals surface area contributed by atoms with Crippen molar-refractivity contribution >= 4 is 0 Å². The zero-order chi connectivity index (χ0) is 12.1. The fourth-order valence-corrected chi connectivity index (χ4v) is 3.51. The molecular weight excluding hydrogens is 210 g/mol. The Balaban J connectivity index is 1.76. The summed E-state index contributed by atoms with van der Waals surface area (Å²) in [6.07, 6.45) is 7.21. The number of piperazine rings is 1. The first-order valence-electron chi connectivity index (χ1n) is 7.37. The molecule has 1 heterocycles. The van der Waals surface area contributed by atoms with Crippen LogP contribution in [0.4, 0.5) is 0 Å². The molecule has 1 saturated heterocycles. The second-order valence-electron chi connectivity index (χ2n) is 5.96. The van der Waals surface area contributed by atoms with E-state index >= 15 is 0 Å². The topological polar surface area (TPSA) is 18.5 Å². The number of rotatable bonds is 5. The third-order valence-corrected chi connectivity index (χ3v) is 4.56. The van der Waals surface area contributed by atoms with Crippen molar-refractivity contribution in [2.45, 2.75) is 38.1 Å². The van der Waals surface area contributed by atoms with E-state index in [0.717, 1.165) is 12.0 Å². The second kappa shape index (κ2) is 6.72. The first-order valence-corrected chi connectivity index (χ1v) is 7.37. The molecule has 1 unspecified atom stereocenters. The summed E-state index contributed by atoms with van der Waals surface area (Å²) >= 11 is 0. The molecule has 0 amide bonds. The summed E-state index contributed by atoms with van der Waals surface area (Å²) in [5.74, 6) is 0.966. The van der Waals surface area contributed by atoms with Crippen molar-refractivity contribution in [1.29, 1.82) is 0 Å². The van der Waals surface area contributed by atoms with Gasteiger partial charge in [-0.3, -0.25) is 0 Å². The lowest BCUT2D eigenvalue weighted by molar-refractivity contribution is 0.160. The van der Waals surface area contributed by atoms with Gasteiger partial charge in [0.15, 0.2) is 0 Å². The summed E-state index contributed by atoms with van der Waals surface area (Å²) in [6.45, 7) is 6.13. The van der Waals surface area contributed by atoms with Gasteiger partial charge in [0.05, 0.1) is 0 Å². The Hall–Kier alpha value is -0.120. The van der Waals surface area contributed by atoms with Crippen molar-refractivity contribution in [2.24, 2.45) is 5.92 Å². The smallest absolute Gasteiger partial charge is 0.0130 e. The SMILES string of the molecule is CN(C)C(CCN1CCNCC1)C1CCCC1. The predicted molar refractivity (Wildman–Crippen MR) is 73.4 cm³/mol. The Morgan fingerprint density at radius 3 is 2.41 bits per heavy atom. The average molecular weight is 239 g/mol. The summed E-state index contributed by atoms with van der Waals surface area (Å²) in [5, 5.41) is 3.43. The lowest BCUT2D eigenvalue weighted by Crippen LogP contribution is -2.45. The van der Waals surface area contributed by atoms with E-state index in [2.05, 4.69) is 29.2 Å². The summed E-state index contributed by atoms with van der Waals surface area (Å²) in [5.41, 5.74) is 0. The molecule has 2 aliphatic rings. The van der Waals surface area contributed by atoms with Crippen LogP contribution in [0.25, 0.3) is 0 Å². The van der Waals surface area contributed by atoms with Gasteiger partial charge in [0.1, 0.15) is 0 Å². The van der Waals surface area contributed by atoms with Crippen LogP contribution in [0, 0.1) is 5.92 Å². The van der Waals surface area contributed by atoms with Crippen LogP contribution in [0.2, 0.25) is 0 Å². The summed E-state index contributed by atoms with van der Waals surface area (Å²) in [6, 6.07) is 0.812. The maximum atomic E-state index is 3.43. The molecule has 1 N–H and O–H groups in total. The third kappa shape index (κ3) is 3.94. The molecule has 0 bridgehead atoms. The Labute approximate surface area is 107 Å². The van der Waals surface area contributed by atoms with E-state index in [1.54, 1.807) is 0 Å². The third-order valence-electron chi connectivity index (χ3n) is 4.56. The monoisotopic (exact) mass is 239 g/mol. The summed E-state index contributed by atoms with van der Waals surface area (Å²) < 4.78 is 0. The van der Waals surface area contributed by atoms with Crippen LogP contribution in [0.1, 0.15) is 32.1 Å². The minimum absolute atomic E-state index is 0.812. The van der Waals surface area contributed by atoms with Gasteiger partial charge in [-0.25, -0.2) is 0 Å². The lowest BCUT2D eigenvalue weighted by atomic mass is 9.94. The fourth-order valence-electron chi connectivity index (χ4n) is 3.51. The van der Waals surface area contributed by atoms with Crippen molar-refractivity contribution in [2.75, 3.05) is 46.8 Å². The van der Waals surface area contributed by atoms with Crippen molar-refractivity contribution in [3.63, 3.8) is 0 Å². The van der Waals surface area contributed by atoms with Gasteiger partial charge in [0, 0.05) is 32.2 Å². The zero-order valence-corrected chi connectivity index (χ0v) is 11.6. The predicted octanol–water partition coefficient (Wildman–Crippen LogP) is 1.40. The molecule has 1 saturated carbocycles. The van der Waals surface area contributed by atoms with E-state index in [0.29, 0.717) is 0 Å². The van der Waals surface area contributed by atoms with Crippen LogP contribution in [-0.2, 0) is 0 Å². The molecule has 3 heteroatoms. The Morgan fingerprint density at radius 1 is 1.18 bits per heavy atom. The van der Waals surface area contributed by atoms with Crippen LogP contribution in [0.15, 0.2) is 0 Å². The lowest BCUT2D eigenvalue weighted by Gasteiger charge is -2.33. The van der Waals surface area contributed by atoms with Gasteiger partial charge in [-0.2, -0.15) is 0 Å². The Kier molecular flexibility index (Phi) is 5.26. The maximum absolute atomic E-state index is 3.43.